The van der Waals surface area contributed by atoms with Crippen LogP contribution < -0.4 is 5.32 Å². The molecule has 9 heteroatoms. The highest BCUT2D eigenvalue weighted by Gasteiger charge is 2.25. The number of guanidine groups is 1. The van der Waals surface area contributed by atoms with Crippen LogP contribution in [-0.4, -0.2) is 72.5 Å². The van der Waals surface area contributed by atoms with Crippen molar-refractivity contribution in [3.8, 4) is 0 Å². The van der Waals surface area contributed by atoms with E-state index in [1.807, 2.05) is 25.7 Å². The van der Waals surface area contributed by atoms with Crippen LogP contribution in [0.4, 0.5) is 0 Å². The van der Waals surface area contributed by atoms with E-state index in [0.717, 1.165) is 57.8 Å². The molecule has 0 spiro atoms. The lowest BCUT2D eigenvalue weighted by atomic mass is 10.1. The van der Waals surface area contributed by atoms with E-state index in [0.29, 0.717) is 25.3 Å². The van der Waals surface area contributed by atoms with Crippen LogP contribution in [0.15, 0.2) is 27.8 Å². The monoisotopic (exact) mass is 562 g/mol. The van der Waals surface area contributed by atoms with E-state index < -0.39 is 5.60 Å². The number of nitrogens with zero attached hydrogens (tertiary/aromatic N) is 3. The molecule has 1 N–H and O–H groups in total. The summed E-state index contributed by atoms with van der Waals surface area (Å²) >= 11 is 0. The minimum Gasteiger partial charge on any atom is -0.460 e. The molecule has 1 aliphatic rings. The van der Waals surface area contributed by atoms with Crippen molar-refractivity contribution in [2.45, 2.75) is 65.4 Å². The highest BCUT2D eigenvalue weighted by atomic mass is 127. The Morgan fingerprint density at radius 1 is 1.09 bits per heavy atom. The maximum absolute atomic E-state index is 12.4. The molecule has 0 bridgehead atoms. The highest BCUT2D eigenvalue weighted by molar-refractivity contribution is 14.0. The molecular formula is C23H39IN4O4. The molecule has 1 aromatic heterocycles. The number of carbonyl (C=O) groups excluding carboxylic acids is 2. The Balaban J connectivity index is 0.00000512. The molecule has 2 rings (SSSR count). The van der Waals surface area contributed by atoms with Gasteiger partial charge in [-0.05, 0) is 52.7 Å². The summed E-state index contributed by atoms with van der Waals surface area (Å²) in [6.07, 6.45) is 5.88. The van der Waals surface area contributed by atoms with E-state index in [4.69, 9.17) is 14.1 Å². The molecule has 1 fully saturated rings. The fraction of sp³-hybridized carbons (Fsp3) is 0.696. The van der Waals surface area contributed by atoms with Gasteiger partial charge in [0.15, 0.2) is 11.7 Å². The Kier molecular flexibility index (Phi) is 12.7. The van der Waals surface area contributed by atoms with Gasteiger partial charge in [0.05, 0.1) is 6.26 Å². The summed E-state index contributed by atoms with van der Waals surface area (Å²) in [7, 11) is 0. The zero-order valence-electron chi connectivity index (χ0n) is 19.9. The summed E-state index contributed by atoms with van der Waals surface area (Å²) in [5.41, 5.74) is -0.411. The van der Waals surface area contributed by atoms with Gasteiger partial charge >= 0.3 is 5.97 Å². The van der Waals surface area contributed by atoms with Crippen molar-refractivity contribution in [1.82, 2.24) is 15.1 Å². The summed E-state index contributed by atoms with van der Waals surface area (Å²) in [5, 5.41) is 3.36. The topological polar surface area (TPSA) is 87.4 Å². The van der Waals surface area contributed by atoms with Crippen molar-refractivity contribution >= 4 is 41.8 Å². The van der Waals surface area contributed by atoms with Crippen molar-refractivity contribution in [3.05, 3.63) is 24.2 Å². The lowest BCUT2D eigenvalue weighted by molar-refractivity contribution is -0.154. The summed E-state index contributed by atoms with van der Waals surface area (Å²) in [4.78, 5) is 32.9. The molecule has 182 valence electrons. The number of halogens is 1. The number of rotatable bonds is 9. The Morgan fingerprint density at radius 3 is 2.34 bits per heavy atom. The largest absolute Gasteiger partial charge is 0.460 e. The molecule has 8 nitrogen and oxygen atoms in total. The third kappa shape index (κ3) is 10.2. The number of nitrogens with one attached hydrogen (secondary N) is 1. The van der Waals surface area contributed by atoms with Crippen molar-refractivity contribution in [3.63, 3.8) is 0 Å². The number of furan rings is 1. The molecule has 0 aromatic carbocycles. The number of unbranched alkanes of at least 4 members (excludes halogenated alkanes) is 3. The van der Waals surface area contributed by atoms with Gasteiger partial charge in [0.2, 0.25) is 0 Å². The van der Waals surface area contributed by atoms with Crippen molar-refractivity contribution in [2.24, 2.45) is 4.99 Å². The Hall–Kier alpha value is -1.78. The second-order valence-corrected chi connectivity index (χ2v) is 8.74. The lowest BCUT2D eigenvalue weighted by Crippen LogP contribution is -2.53. The summed E-state index contributed by atoms with van der Waals surface area (Å²) in [5.74, 6) is 1.12. The van der Waals surface area contributed by atoms with E-state index in [2.05, 4.69) is 17.1 Å². The minimum absolute atomic E-state index is 0. The molecule has 1 amide bonds. The Labute approximate surface area is 209 Å². The normalized spacial score (nSPS) is 14.7. The second-order valence-electron chi connectivity index (χ2n) is 8.74. The van der Waals surface area contributed by atoms with Crippen LogP contribution in [0.3, 0.4) is 0 Å². The van der Waals surface area contributed by atoms with Crippen LogP contribution in [0, 0.1) is 0 Å². The van der Waals surface area contributed by atoms with Gasteiger partial charge in [-0.1, -0.05) is 12.8 Å². The van der Waals surface area contributed by atoms with Gasteiger partial charge in [0.25, 0.3) is 5.91 Å². The van der Waals surface area contributed by atoms with Crippen LogP contribution >= 0.6 is 24.0 Å². The fourth-order valence-electron chi connectivity index (χ4n) is 3.42. The SMILES string of the molecule is CCNC(=NCCCCCCC(=O)OC(C)(C)C)N1CCN(C(=O)c2ccco2)CC1.I. The average Bonchev–Trinajstić information content (AvgIpc) is 3.25. The zero-order valence-corrected chi connectivity index (χ0v) is 22.2. The van der Waals surface area contributed by atoms with Crippen LogP contribution in [0.25, 0.3) is 0 Å². The van der Waals surface area contributed by atoms with E-state index in [-0.39, 0.29) is 35.9 Å². The molecule has 1 aromatic rings. The van der Waals surface area contributed by atoms with Gasteiger partial charge in [0.1, 0.15) is 5.60 Å². The highest BCUT2D eigenvalue weighted by Crippen LogP contribution is 2.12. The summed E-state index contributed by atoms with van der Waals surface area (Å²) < 4.78 is 10.6. The first-order valence-electron chi connectivity index (χ1n) is 11.4. The second kappa shape index (κ2) is 14.4. The smallest absolute Gasteiger partial charge is 0.306 e. The third-order valence-electron chi connectivity index (χ3n) is 4.90. The van der Waals surface area contributed by atoms with Crippen molar-refractivity contribution in [1.29, 1.82) is 0 Å². The van der Waals surface area contributed by atoms with E-state index in [1.54, 1.807) is 12.1 Å². The van der Waals surface area contributed by atoms with Crippen molar-refractivity contribution < 1.29 is 18.7 Å². The molecule has 0 aliphatic carbocycles. The van der Waals surface area contributed by atoms with Gasteiger partial charge in [-0.2, -0.15) is 0 Å². The van der Waals surface area contributed by atoms with E-state index in [1.165, 1.54) is 6.26 Å². The molecule has 0 radical (unpaired) electrons. The third-order valence-corrected chi connectivity index (χ3v) is 4.90. The fourth-order valence-corrected chi connectivity index (χ4v) is 3.42. The summed E-state index contributed by atoms with van der Waals surface area (Å²) in [6, 6.07) is 3.44. The molecule has 32 heavy (non-hydrogen) atoms. The van der Waals surface area contributed by atoms with Crippen LogP contribution in [0.2, 0.25) is 0 Å². The van der Waals surface area contributed by atoms with Crippen LogP contribution in [-0.2, 0) is 9.53 Å². The van der Waals surface area contributed by atoms with Gasteiger partial charge in [-0.3, -0.25) is 14.6 Å². The first kappa shape index (κ1) is 28.3. The van der Waals surface area contributed by atoms with Gasteiger partial charge < -0.3 is 24.3 Å². The predicted molar refractivity (Wildman–Crippen MR) is 137 cm³/mol. The number of hydrogen-bond donors (Lipinski definition) is 1. The minimum atomic E-state index is -0.411. The predicted octanol–water partition coefficient (Wildman–Crippen LogP) is 3.91. The van der Waals surface area contributed by atoms with Crippen LogP contribution in [0.5, 0.6) is 0 Å². The van der Waals surface area contributed by atoms with Gasteiger partial charge in [-0.15, -0.1) is 24.0 Å². The lowest BCUT2D eigenvalue weighted by Gasteiger charge is -2.36. The molecular weight excluding hydrogens is 523 g/mol. The van der Waals surface area contributed by atoms with Crippen LogP contribution in [0.1, 0.15) is 70.4 Å². The first-order chi connectivity index (χ1) is 14.8. The van der Waals surface area contributed by atoms with E-state index in [9.17, 15) is 9.59 Å². The quantitative estimate of drug-likeness (QED) is 0.162. The first-order valence-corrected chi connectivity index (χ1v) is 11.4. The average molecular weight is 562 g/mol. The number of ether oxygens (including phenoxy) is 1. The number of carbonyl (C=O) groups is 2. The van der Waals surface area contributed by atoms with E-state index >= 15 is 0 Å². The molecule has 2 heterocycles. The Morgan fingerprint density at radius 2 is 1.75 bits per heavy atom. The number of hydrogen-bond acceptors (Lipinski definition) is 5. The standard InChI is InChI=1S/C23H38N4O4.HI/c1-5-24-22(25-13-9-7-6-8-12-20(28)31-23(2,3)4)27-16-14-26(15-17-27)21(29)19-11-10-18-30-19;/h10-11,18H,5-9,12-17H2,1-4H3,(H,24,25);1H. The molecule has 0 atom stereocenters. The molecule has 0 saturated carbocycles. The van der Waals surface area contributed by atoms with Gasteiger partial charge in [-0.25, -0.2) is 0 Å². The summed E-state index contributed by atoms with van der Waals surface area (Å²) in [6.45, 7) is 12.1. The number of aliphatic imine (C=N–C) groups is 1. The van der Waals surface area contributed by atoms with Gasteiger partial charge in [0, 0.05) is 45.7 Å². The molecule has 1 aliphatic heterocycles. The number of amides is 1. The number of esters is 1. The maximum atomic E-state index is 12.4. The Bertz CT molecular complexity index is 708. The maximum Gasteiger partial charge on any atom is 0.306 e. The molecule has 1 saturated heterocycles. The number of piperazine rings is 1. The molecule has 0 unspecified atom stereocenters. The zero-order chi connectivity index (χ0) is 22.7. The van der Waals surface area contributed by atoms with Crippen molar-refractivity contribution in [2.75, 3.05) is 39.3 Å².